The molecule has 0 aliphatic carbocycles. The van der Waals surface area contributed by atoms with Crippen LogP contribution in [0.4, 0.5) is 10.5 Å². The molecule has 0 radical (unpaired) electrons. The topological polar surface area (TPSA) is 126 Å². The number of ether oxygens (including phenoxy) is 2. The standard InChI is InChI=1S/C19H30N4O6/c1-4-20-17(25)7-14-5-6-15-16(28-14)10-27-9-13(24)8-23(15)19(26)21-18-11(2)22-29-12(18)3/h13-16,24H,4-10H2,1-3H3,(H,20,25)(H,21,26)/t13-,14-,15+,16-/m0/s1. The van der Waals surface area contributed by atoms with Crippen molar-refractivity contribution < 1.29 is 28.7 Å². The first-order chi connectivity index (χ1) is 13.9. The lowest BCUT2D eigenvalue weighted by atomic mass is 9.95. The van der Waals surface area contributed by atoms with Crippen molar-refractivity contribution in [1.29, 1.82) is 0 Å². The molecule has 0 saturated carbocycles. The van der Waals surface area contributed by atoms with Gasteiger partial charge in [0, 0.05) is 6.54 Å². The molecule has 3 amide bonds. The highest BCUT2D eigenvalue weighted by molar-refractivity contribution is 5.90. The number of fused-ring (bicyclic) bond motifs is 1. The van der Waals surface area contributed by atoms with Gasteiger partial charge < -0.3 is 34.6 Å². The van der Waals surface area contributed by atoms with E-state index < -0.39 is 6.10 Å². The Kier molecular flexibility index (Phi) is 7.09. The summed E-state index contributed by atoms with van der Waals surface area (Å²) in [7, 11) is 0. The van der Waals surface area contributed by atoms with Gasteiger partial charge in [-0.05, 0) is 33.6 Å². The van der Waals surface area contributed by atoms with Crippen LogP contribution in [0.3, 0.4) is 0 Å². The van der Waals surface area contributed by atoms with Crippen LogP contribution >= 0.6 is 0 Å². The zero-order valence-corrected chi connectivity index (χ0v) is 17.1. The van der Waals surface area contributed by atoms with E-state index in [1.165, 1.54) is 0 Å². The highest BCUT2D eigenvalue weighted by Crippen LogP contribution is 2.29. The number of carbonyl (C=O) groups excluding carboxylic acids is 2. The maximum atomic E-state index is 13.1. The SMILES string of the molecule is CCNC(=O)C[C@@H]1CC[C@@H]2[C@H](COC[C@@H](O)CN2C(=O)Nc2c(C)noc2C)O1. The molecule has 10 nitrogen and oxygen atoms in total. The Labute approximate surface area is 169 Å². The smallest absolute Gasteiger partial charge is 0.322 e. The number of hydrogen-bond donors (Lipinski definition) is 3. The number of urea groups is 1. The summed E-state index contributed by atoms with van der Waals surface area (Å²) in [4.78, 5) is 26.6. The summed E-state index contributed by atoms with van der Waals surface area (Å²) in [5, 5.41) is 19.7. The third kappa shape index (κ3) is 5.26. The molecule has 2 saturated heterocycles. The zero-order valence-electron chi connectivity index (χ0n) is 17.1. The fraction of sp³-hybridized carbons (Fsp3) is 0.737. The third-order valence-electron chi connectivity index (χ3n) is 5.29. The van der Waals surface area contributed by atoms with Gasteiger partial charge >= 0.3 is 6.03 Å². The van der Waals surface area contributed by atoms with Crippen LogP contribution in [0.5, 0.6) is 0 Å². The molecule has 2 aliphatic rings. The number of nitrogens with one attached hydrogen (secondary N) is 2. The molecule has 3 rings (SSSR count). The fourth-order valence-corrected chi connectivity index (χ4v) is 3.89. The third-order valence-corrected chi connectivity index (χ3v) is 5.29. The van der Waals surface area contributed by atoms with E-state index in [0.717, 1.165) is 0 Å². The van der Waals surface area contributed by atoms with E-state index in [1.54, 1.807) is 18.7 Å². The van der Waals surface area contributed by atoms with E-state index in [2.05, 4.69) is 15.8 Å². The van der Waals surface area contributed by atoms with Crippen LogP contribution in [-0.2, 0) is 14.3 Å². The average Bonchev–Trinajstić information content (AvgIpc) is 2.97. The second kappa shape index (κ2) is 9.55. The van der Waals surface area contributed by atoms with Crippen LogP contribution in [0.15, 0.2) is 4.52 Å². The minimum atomic E-state index is -0.792. The van der Waals surface area contributed by atoms with Gasteiger partial charge in [-0.1, -0.05) is 5.16 Å². The Morgan fingerprint density at radius 3 is 2.76 bits per heavy atom. The van der Waals surface area contributed by atoms with Crippen molar-refractivity contribution >= 4 is 17.6 Å². The molecule has 2 fully saturated rings. The van der Waals surface area contributed by atoms with Gasteiger partial charge in [-0.3, -0.25) is 4.79 Å². The molecule has 1 aromatic rings. The first-order valence-corrected chi connectivity index (χ1v) is 10.1. The lowest BCUT2D eigenvalue weighted by molar-refractivity contribution is -0.149. The summed E-state index contributed by atoms with van der Waals surface area (Å²) in [6, 6.07) is -0.614. The van der Waals surface area contributed by atoms with Gasteiger partial charge in [0.25, 0.3) is 0 Å². The molecule has 29 heavy (non-hydrogen) atoms. The molecular weight excluding hydrogens is 380 g/mol. The van der Waals surface area contributed by atoms with E-state index in [9.17, 15) is 14.7 Å². The second-order valence-corrected chi connectivity index (χ2v) is 7.57. The average molecular weight is 410 g/mol. The van der Waals surface area contributed by atoms with Crippen molar-refractivity contribution in [1.82, 2.24) is 15.4 Å². The Bertz CT molecular complexity index is 704. The van der Waals surface area contributed by atoms with Gasteiger partial charge in [0.05, 0.1) is 44.4 Å². The fourth-order valence-electron chi connectivity index (χ4n) is 3.89. The van der Waals surface area contributed by atoms with Crippen LogP contribution in [-0.4, -0.2) is 77.8 Å². The molecule has 4 atom stereocenters. The lowest BCUT2D eigenvalue weighted by Gasteiger charge is -2.44. The molecule has 0 aromatic carbocycles. The van der Waals surface area contributed by atoms with Gasteiger partial charge in [0.2, 0.25) is 5.91 Å². The number of nitrogens with zero attached hydrogens (tertiary/aromatic N) is 2. The van der Waals surface area contributed by atoms with Crippen molar-refractivity contribution in [2.45, 2.75) is 64.4 Å². The number of anilines is 1. The first-order valence-electron chi connectivity index (χ1n) is 10.1. The zero-order chi connectivity index (χ0) is 21.0. The number of β-amino-alcohol motifs (C(OH)–C–C–N with tert-alkyl or cyclic N) is 1. The molecule has 3 N–H and O–H groups in total. The van der Waals surface area contributed by atoms with Gasteiger partial charge in [0.1, 0.15) is 17.5 Å². The Hall–Kier alpha value is -2.17. The predicted octanol–water partition coefficient (Wildman–Crippen LogP) is 0.959. The Morgan fingerprint density at radius 2 is 2.07 bits per heavy atom. The lowest BCUT2D eigenvalue weighted by Crippen LogP contribution is -2.58. The van der Waals surface area contributed by atoms with E-state index >= 15 is 0 Å². The van der Waals surface area contributed by atoms with Crippen molar-refractivity contribution in [2.75, 3.05) is 31.6 Å². The molecule has 10 heteroatoms. The van der Waals surface area contributed by atoms with Crippen molar-refractivity contribution in [3.05, 3.63) is 11.5 Å². The summed E-state index contributed by atoms with van der Waals surface area (Å²) in [6.45, 7) is 6.42. The van der Waals surface area contributed by atoms with Crippen molar-refractivity contribution in [3.8, 4) is 0 Å². The first kappa shape index (κ1) is 21.5. The normalized spacial score (nSPS) is 27.5. The number of aromatic nitrogens is 1. The number of aliphatic hydroxyl groups is 1. The van der Waals surface area contributed by atoms with Crippen LogP contribution in [0.2, 0.25) is 0 Å². The molecule has 0 unspecified atom stereocenters. The van der Waals surface area contributed by atoms with Crippen molar-refractivity contribution in [2.24, 2.45) is 0 Å². The number of carbonyl (C=O) groups is 2. The van der Waals surface area contributed by atoms with Gasteiger partial charge in [-0.25, -0.2) is 4.79 Å². The Balaban J connectivity index is 1.72. The molecule has 2 aliphatic heterocycles. The van der Waals surface area contributed by atoms with Gasteiger partial charge in [-0.15, -0.1) is 0 Å². The van der Waals surface area contributed by atoms with Crippen LogP contribution < -0.4 is 10.6 Å². The largest absolute Gasteiger partial charge is 0.389 e. The van der Waals surface area contributed by atoms with Crippen LogP contribution in [0.1, 0.15) is 37.6 Å². The molecule has 0 spiro atoms. The number of aryl methyl sites for hydroxylation is 2. The van der Waals surface area contributed by atoms with Crippen molar-refractivity contribution in [3.63, 3.8) is 0 Å². The monoisotopic (exact) mass is 410 g/mol. The summed E-state index contributed by atoms with van der Waals surface area (Å²) in [5.74, 6) is 0.469. The minimum absolute atomic E-state index is 0.0499. The molecule has 0 bridgehead atoms. The number of aliphatic hydroxyl groups excluding tert-OH is 1. The van der Waals surface area contributed by atoms with Gasteiger partial charge in [-0.2, -0.15) is 0 Å². The Morgan fingerprint density at radius 1 is 1.28 bits per heavy atom. The maximum absolute atomic E-state index is 13.1. The molecule has 162 valence electrons. The highest BCUT2D eigenvalue weighted by Gasteiger charge is 2.40. The second-order valence-electron chi connectivity index (χ2n) is 7.57. The molecular formula is C19H30N4O6. The van der Waals surface area contributed by atoms with E-state index in [4.69, 9.17) is 14.0 Å². The minimum Gasteiger partial charge on any atom is -0.389 e. The molecule has 3 heterocycles. The van der Waals surface area contributed by atoms with E-state index in [0.29, 0.717) is 36.5 Å². The summed E-state index contributed by atoms with van der Waals surface area (Å²) in [5.41, 5.74) is 1.12. The summed E-state index contributed by atoms with van der Waals surface area (Å²) < 4.78 is 16.8. The number of rotatable bonds is 4. The predicted molar refractivity (Wildman–Crippen MR) is 104 cm³/mol. The quantitative estimate of drug-likeness (QED) is 0.675. The van der Waals surface area contributed by atoms with E-state index in [1.807, 2.05) is 6.92 Å². The molecule has 1 aromatic heterocycles. The number of hydrogen-bond acceptors (Lipinski definition) is 7. The summed E-state index contributed by atoms with van der Waals surface area (Å²) in [6.07, 6.45) is 0.197. The maximum Gasteiger partial charge on any atom is 0.322 e. The highest BCUT2D eigenvalue weighted by atomic mass is 16.5. The van der Waals surface area contributed by atoms with Crippen LogP contribution in [0, 0.1) is 13.8 Å². The van der Waals surface area contributed by atoms with Gasteiger partial charge in [0.15, 0.2) is 5.76 Å². The number of amides is 3. The van der Waals surface area contributed by atoms with Crippen LogP contribution in [0.25, 0.3) is 0 Å². The summed E-state index contributed by atoms with van der Waals surface area (Å²) >= 11 is 0. The van der Waals surface area contributed by atoms with E-state index in [-0.39, 0.29) is 56.4 Å².